The van der Waals surface area contributed by atoms with Gasteiger partial charge in [0.1, 0.15) is 10.6 Å². The number of hydrogen-bond donors (Lipinski definition) is 2. The van der Waals surface area contributed by atoms with Gasteiger partial charge in [-0.3, -0.25) is 4.79 Å². The molecule has 1 aliphatic rings. The van der Waals surface area contributed by atoms with E-state index >= 15 is 0 Å². The molecule has 1 aliphatic carbocycles. The van der Waals surface area contributed by atoms with Crippen LogP contribution in [0.2, 0.25) is 0 Å². The van der Waals surface area contributed by atoms with Gasteiger partial charge >= 0.3 is 5.97 Å². The van der Waals surface area contributed by atoms with E-state index in [2.05, 4.69) is 9.97 Å². The molecular formula is C30H25N3O4S. The summed E-state index contributed by atoms with van der Waals surface area (Å²) in [6, 6.07) is 14.5. The summed E-state index contributed by atoms with van der Waals surface area (Å²) in [5.41, 5.74) is 5.51. The van der Waals surface area contributed by atoms with E-state index in [0.717, 1.165) is 44.6 Å². The van der Waals surface area contributed by atoms with Gasteiger partial charge in [0.15, 0.2) is 11.9 Å². The standard InChI is InChI=1S/C30H25N3O4S/c1-15-17(3)38-29-24(15)28(35)32-27(33-29)16(2)37-30(36)25-21-6-4-5-7-23(21)31-26-19(10-13-22(25)26)14-18-8-11-20(34)12-9-18/h4-9,11-12,14,16,34H,10,13H2,1-3H3,(H,32,33,35)/b19-14-/t16-/m0/s1. The molecular weight excluding hydrogens is 498 g/mol. The molecule has 0 saturated heterocycles. The highest BCUT2D eigenvalue weighted by Gasteiger charge is 2.29. The van der Waals surface area contributed by atoms with Gasteiger partial charge in [-0.05, 0) is 80.2 Å². The summed E-state index contributed by atoms with van der Waals surface area (Å²) in [5, 5.41) is 10.9. The molecule has 8 heteroatoms. The number of hydrogen-bond acceptors (Lipinski definition) is 7. The van der Waals surface area contributed by atoms with Crippen molar-refractivity contribution in [1.29, 1.82) is 0 Å². The Balaban J connectivity index is 1.39. The fourth-order valence-electron chi connectivity index (χ4n) is 5.02. The van der Waals surface area contributed by atoms with Crippen LogP contribution in [-0.2, 0) is 11.2 Å². The van der Waals surface area contributed by atoms with E-state index in [-0.39, 0.29) is 11.3 Å². The molecule has 1 atom stereocenters. The lowest BCUT2D eigenvalue weighted by Gasteiger charge is -2.16. The highest BCUT2D eigenvalue weighted by molar-refractivity contribution is 7.18. The Morgan fingerprint density at radius 2 is 1.87 bits per heavy atom. The first-order chi connectivity index (χ1) is 18.3. The van der Waals surface area contributed by atoms with Crippen LogP contribution >= 0.6 is 11.3 Å². The lowest BCUT2D eigenvalue weighted by Crippen LogP contribution is -2.18. The maximum absolute atomic E-state index is 13.7. The van der Waals surface area contributed by atoms with Gasteiger partial charge in [0.05, 0.1) is 22.2 Å². The number of aromatic hydroxyl groups is 1. The van der Waals surface area contributed by atoms with Crippen LogP contribution in [0.3, 0.4) is 0 Å². The second-order valence-corrected chi connectivity index (χ2v) is 10.8. The first-order valence-electron chi connectivity index (χ1n) is 12.4. The highest BCUT2D eigenvalue weighted by atomic mass is 32.1. The van der Waals surface area contributed by atoms with Crippen molar-refractivity contribution in [2.24, 2.45) is 0 Å². The first-order valence-corrected chi connectivity index (χ1v) is 13.2. The lowest BCUT2D eigenvalue weighted by molar-refractivity contribution is 0.0321. The molecule has 5 aromatic rings. The summed E-state index contributed by atoms with van der Waals surface area (Å²) >= 11 is 1.46. The SMILES string of the molecule is Cc1sc2nc([C@H](C)OC(=O)c3c4c(nc5ccccc35)/C(=C\c3ccc(O)cc3)CC4)[nH]c(=O)c2c1C. The Morgan fingerprint density at radius 3 is 2.66 bits per heavy atom. The number of phenolic OH excluding ortho intramolecular Hbond substituents is 1. The summed E-state index contributed by atoms with van der Waals surface area (Å²) in [7, 11) is 0. The molecule has 0 aliphatic heterocycles. The van der Waals surface area contributed by atoms with Gasteiger partial charge in [0, 0.05) is 10.3 Å². The van der Waals surface area contributed by atoms with Crippen molar-refractivity contribution in [3.05, 3.63) is 97.5 Å². The highest BCUT2D eigenvalue weighted by Crippen LogP contribution is 2.38. The molecule has 0 saturated carbocycles. The first kappa shape index (κ1) is 24.1. The Labute approximate surface area is 222 Å². The zero-order valence-electron chi connectivity index (χ0n) is 21.2. The summed E-state index contributed by atoms with van der Waals surface area (Å²) in [5.74, 6) is 0.0566. The molecule has 0 unspecified atom stereocenters. The molecule has 2 aromatic carbocycles. The third-order valence-electron chi connectivity index (χ3n) is 7.11. The van der Waals surface area contributed by atoms with E-state index in [1.807, 2.05) is 56.3 Å². The number of carbonyl (C=O) groups excluding carboxylic acids is 1. The van der Waals surface area contributed by atoms with Crippen LogP contribution in [0, 0.1) is 13.8 Å². The van der Waals surface area contributed by atoms with E-state index < -0.39 is 12.1 Å². The summed E-state index contributed by atoms with van der Waals surface area (Å²) < 4.78 is 5.92. The topological polar surface area (TPSA) is 105 Å². The quantitative estimate of drug-likeness (QED) is 0.269. The molecule has 7 nitrogen and oxygen atoms in total. The van der Waals surface area contributed by atoms with Crippen LogP contribution in [-0.4, -0.2) is 26.0 Å². The van der Waals surface area contributed by atoms with Crippen LogP contribution in [0.25, 0.3) is 32.8 Å². The Morgan fingerprint density at radius 1 is 1.11 bits per heavy atom. The van der Waals surface area contributed by atoms with Crippen molar-refractivity contribution in [3.8, 4) is 5.75 Å². The lowest BCUT2D eigenvalue weighted by atomic mass is 10.0. The van der Waals surface area contributed by atoms with Gasteiger partial charge in [-0.25, -0.2) is 14.8 Å². The van der Waals surface area contributed by atoms with Crippen LogP contribution in [0.15, 0.2) is 53.3 Å². The molecule has 2 N–H and O–H groups in total. The number of aromatic amines is 1. The number of para-hydroxylation sites is 1. The molecule has 3 aromatic heterocycles. The molecule has 0 amide bonds. The van der Waals surface area contributed by atoms with E-state index in [4.69, 9.17) is 9.72 Å². The van der Waals surface area contributed by atoms with Crippen molar-refractivity contribution in [2.75, 3.05) is 0 Å². The molecule has 190 valence electrons. The van der Waals surface area contributed by atoms with E-state index in [9.17, 15) is 14.7 Å². The van der Waals surface area contributed by atoms with Crippen molar-refractivity contribution >= 4 is 50.1 Å². The average Bonchev–Trinajstić information content (AvgIpc) is 3.43. The minimum Gasteiger partial charge on any atom is -0.508 e. The second-order valence-electron chi connectivity index (χ2n) is 9.55. The van der Waals surface area contributed by atoms with E-state index in [1.165, 1.54) is 11.3 Å². The number of benzene rings is 2. The number of H-pyrrole nitrogens is 1. The summed E-state index contributed by atoms with van der Waals surface area (Å²) in [4.78, 5) is 40.5. The number of thiophene rings is 1. The van der Waals surface area contributed by atoms with Gasteiger partial charge in [-0.1, -0.05) is 30.3 Å². The van der Waals surface area contributed by atoms with Crippen LogP contribution in [0.4, 0.5) is 0 Å². The zero-order valence-corrected chi connectivity index (χ0v) is 22.0. The Hall–Kier alpha value is -4.30. The number of allylic oxidation sites excluding steroid dienone is 1. The fraction of sp³-hybridized carbons (Fsp3) is 0.200. The number of ether oxygens (including phenoxy) is 1. The van der Waals surface area contributed by atoms with Gasteiger partial charge in [0.2, 0.25) is 0 Å². The molecule has 0 radical (unpaired) electrons. The number of pyridine rings is 1. The number of carbonyl (C=O) groups is 1. The van der Waals surface area contributed by atoms with Crippen molar-refractivity contribution in [2.45, 2.75) is 39.7 Å². The zero-order chi connectivity index (χ0) is 26.6. The maximum atomic E-state index is 13.7. The Kier molecular flexibility index (Phi) is 5.84. The van der Waals surface area contributed by atoms with E-state index in [1.54, 1.807) is 19.1 Å². The summed E-state index contributed by atoms with van der Waals surface area (Å²) in [6.07, 6.45) is 2.68. The molecule has 0 spiro atoms. The van der Waals surface area contributed by atoms with Crippen molar-refractivity contribution in [3.63, 3.8) is 0 Å². The number of nitrogens with zero attached hydrogens (tertiary/aromatic N) is 2. The van der Waals surface area contributed by atoms with E-state index in [0.29, 0.717) is 33.5 Å². The Bertz CT molecular complexity index is 1830. The van der Waals surface area contributed by atoms with Crippen molar-refractivity contribution in [1.82, 2.24) is 15.0 Å². The third kappa shape index (κ3) is 4.07. The molecule has 3 heterocycles. The predicted molar refractivity (Wildman–Crippen MR) is 150 cm³/mol. The van der Waals surface area contributed by atoms with Crippen LogP contribution in [0.1, 0.15) is 62.9 Å². The number of nitrogens with one attached hydrogen (secondary N) is 1. The monoisotopic (exact) mass is 523 g/mol. The van der Waals surface area contributed by atoms with Gasteiger partial charge < -0.3 is 14.8 Å². The van der Waals surface area contributed by atoms with Crippen LogP contribution in [0.5, 0.6) is 5.75 Å². The largest absolute Gasteiger partial charge is 0.508 e. The number of fused-ring (bicyclic) bond motifs is 3. The minimum atomic E-state index is -0.752. The second kappa shape index (κ2) is 9.22. The van der Waals surface area contributed by atoms with Gasteiger partial charge in [0.25, 0.3) is 5.56 Å². The smallest absolute Gasteiger partial charge is 0.339 e. The van der Waals surface area contributed by atoms with Crippen LogP contribution < -0.4 is 5.56 Å². The fourth-order valence-corrected chi connectivity index (χ4v) is 6.06. The number of phenols is 1. The number of esters is 1. The third-order valence-corrected chi connectivity index (χ3v) is 8.21. The number of rotatable bonds is 4. The van der Waals surface area contributed by atoms with Crippen molar-refractivity contribution < 1.29 is 14.6 Å². The minimum absolute atomic E-state index is 0.210. The molecule has 38 heavy (non-hydrogen) atoms. The van der Waals surface area contributed by atoms with Gasteiger partial charge in [-0.15, -0.1) is 11.3 Å². The molecule has 6 rings (SSSR count). The number of aromatic nitrogens is 3. The summed E-state index contributed by atoms with van der Waals surface area (Å²) in [6.45, 7) is 5.59. The molecule has 0 bridgehead atoms. The number of aryl methyl sites for hydroxylation is 2. The predicted octanol–water partition coefficient (Wildman–Crippen LogP) is 6.26. The normalized spacial score (nSPS) is 14.8. The maximum Gasteiger partial charge on any atom is 0.339 e. The van der Waals surface area contributed by atoms with Gasteiger partial charge in [-0.2, -0.15) is 0 Å². The average molecular weight is 524 g/mol. The molecule has 0 fully saturated rings.